The predicted molar refractivity (Wildman–Crippen MR) is 288 cm³/mol. The fourth-order valence-electron chi connectivity index (χ4n) is 7.85. The minimum absolute atomic E-state index is 0.0565. The second-order valence-corrected chi connectivity index (χ2v) is 23.4. The van der Waals surface area contributed by atoms with Crippen molar-refractivity contribution in [1.29, 1.82) is 10.5 Å². The lowest BCUT2D eigenvalue weighted by Crippen LogP contribution is -1.98. The van der Waals surface area contributed by atoms with Crippen LogP contribution in [0.1, 0.15) is 136 Å². The summed E-state index contributed by atoms with van der Waals surface area (Å²) in [7, 11) is 0. The van der Waals surface area contributed by atoms with E-state index in [1.54, 1.807) is 34.8 Å². The number of unbranched alkanes of at least 4 members (excludes halogenated alkanes) is 14. The van der Waals surface area contributed by atoms with Crippen molar-refractivity contribution in [3.8, 4) is 51.2 Å². The van der Waals surface area contributed by atoms with Crippen molar-refractivity contribution in [3.05, 3.63) is 139 Å². The Morgan fingerprint density at radius 2 is 0.754 bits per heavy atom. The molecule has 0 atom stereocenters. The molecular formula is C56H60N2OS6. The van der Waals surface area contributed by atoms with Crippen LogP contribution in [0, 0.1) is 22.7 Å². The quantitative estimate of drug-likeness (QED) is 0.0402. The minimum atomic E-state index is 0.0565. The molecule has 6 aromatic heterocycles. The van der Waals surface area contributed by atoms with E-state index in [0.717, 1.165) is 9.75 Å². The topological polar surface area (TPSA) is 56.8 Å². The van der Waals surface area contributed by atoms with Gasteiger partial charge in [-0.25, -0.2) is 0 Å². The second-order valence-electron chi connectivity index (χ2n) is 16.6. The van der Waals surface area contributed by atoms with Crippen LogP contribution in [0.3, 0.4) is 0 Å². The maximum absolute atomic E-state index is 9.74. The molecule has 3 nitrogen and oxygen atoms in total. The van der Waals surface area contributed by atoms with Crippen LogP contribution >= 0.6 is 68.0 Å². The fourth-order valence-corrected chi connectivity index (χ4v) is 14.1. The van der Waals surface area contributed by atoms with Crippen molar-refractivity contribution in [3.63, 3.8) is 0 Å². The van der Waals surface area contributed by atoms with Gasteiger partial charge in [-0.15, -0.1) is 68.0 Å². The molecule has 7 heterocycles. The number of rotatable bonds is 26. The number of nitrogens with zero attached hydrogens (tertiary/aromatic N) is 2. The van der Waals surface area contributed by atoms with Gasteiger partial charge < -0.3 is 4.74 Å². The van der Waals surface area contributed by atoms with E-state index in [0.29, 0.717) is 17.1 Å². The van der Waals surface area contributed by atoms with Crippen LogP contribution in [0.2, 0.25) is 0 Å². The SMILES string of the molecule is CCCCCCCCCCc1ccc(-c2ccc(-c3ccc(/C=C/C4=CC(=C(C#N)C#N)C=C(/C=C/c5ccc(-c6ccc(-c7ccc(CCCCCCCCCC)s7)s6)s5)O4)s3)s2)s1. The van der Waals surface area contributed by atoms with Crippen LogP contribution in [-0.4, -0.2) is 0 Å². The third kappa shape index (κ3) is 14.8. The predicted octanol–water partition coefficient (Wildman–Crippen LogP) is 20.0. The maximum Gasteiger partial charge on any atom is 0.137 e. The van der Waals surface area contributed by atoms with Crippen LogP contribution < -0.4 is 0 Å². The van der Waals surface area contributed by atoms with Crippen molar-refractivity contribution in [1.82, 2.24) is 0 Å². The molecule has 7 rings (SSSR count). The summed E-state index contributed by atoms with van der Waals surface area (Å²) in [5, 5.41) is 19.5. The molecule has 0 aromatic carbocycles. The Hall–Kier alpha value is -4.32. The largest absolute Gasteiger partial charge is 0.457 e. The van der Waals surface area contributed by atoms with Crippen molar-refractivity contribution < 1.29 is 4.74 Å². The molecule has 336 valence electrons. The molecule has 65 heavy (non-hydrogen) atoms. The number of hydrogen-bond acceptors (Lipinski definition) is 9. The molecule has 0 fully saturated rings. The Morgan fingerprint density at radius 1 is 0.415 bits per heavy atom. The third-order valence-electron chi connectivity index (χ3n) is 11.5. The summed E-state index contributed by atoms with van der Waals surface area (Å²) in [5.41, 5.74) is 0.599. The molecule has 0 aliphatic carbocycles. The minimum Gasteiger partial charge on any atom is -0.457 e. The maximum atomic E-state index is 9.74. The molecule has 0 unspecified atom stereocenters. The summed E-state index contributed by atoms with van der Waals surface area (Å²) in [6.45, 7) is 4.56. The van der Waals surface area contributed by atoms with Crippen molar-refractivity contribution >= 4 is 80.2 Å². The van der Waals surface area contributed by atoms with Gasteiger partial charge in [0.15, 0.2) is 0 Å². The first-order valence-corrected chi connectivity index (χ1v) is 28.5. The van der Waals surface area contributed by atoms with E-state index in [1.807, 2.05) is 69.7 Å². The summed E-state index contributed by atoms with van der Waals surface area (Å²) in [6, 6.07) is 31.0. The average Bonchev–Trinajstić information content (AvgIpc) is 4.18. The number of ether oxygens (including phenoxy) is 1. The van der Waals surface area contributed by atoms with Gasteiger partial charge in [0.1, 0.15) is 29.2 Å². The fraction of sp³-hybridized carbons (Fsp3) is 0.357. The van der Waals surface area contributed by atoms with E-state index in [1.165, 1.54) is 164 Å². The van der Waals surface area contributed by atoms with Gasteiger partial charge in [-0.1, -0.05) is 104 Å². The molecular weight excluding hydrogens is 909 g/mol. The van der Waals surface area contributed by atoms with E-state index < -0.39 is 0 Å². The smallest absolute Gasteiger partial charge is 0.137 e. The Morgan fingerprint density at radius 3 is 1.15 bits per heavy atom. The normalized spacial score (nSPS) is 12.8. The molecule has 0 N–H and O–H groups in total. The Kier molecular flexibility index (Phi) is 19.5. The van der Waals surface area contributed by atoms with Crippen molar-refractivity contribution in [2.45, 2.75) is 129 Å². The van der Waals surface area contributed by atoms with Gasteiger partial charge in [-0.2, -0.15) is 10.5 Å². The van der Waals surface area contributed by atoms with Gasteiger partial charge in [-0.05, 0) is 135 Å². The van der Waals surface area contributed by atoms with Crippen LogP contribution in [0.15, 0.2) is 120 Å². The molecule has 1 aliphatic heterocycles. The van der Waals surface area contributed by atoms with Gasteiger partial charge in [0, 0.05) is 64.1 Å². The highest BCUT2D eigenvalue weighted by Crippen LogP contribution is 2.42. The summed E-state index contributed by atoms with van der Waals surface area (Å²) in [6.07, 6.45) is 35.5. The zero-order chi connectivity index (χ0) is 45.1. The number of aryl methyl sites for hydroxylation is 2. The second kappa shape index (κ2) is 26.1. The molecule has 6 aromatic rings. The molecule has 0 radical (unpaired) electrons. The lowest BCUT2D eigenvalue weighted by molar-refractivity contribution is 0.332. The summed E-state index contributed by atoms with van der Waals surface area (Å²) < 4.78 is 6.31. The summed E-state index contributed by atoms with van der Waals surface area (Å²) >= 11 is 11.1. The molecule has 1 aliphatic rings. The highest BCUT2D eigenvalue weighted by Gasteiger charge is 2.15. The molecule has 0 saturated carbocycles. The Balaban J connectivity index is 0.920. The Labute approximate surface area is 412 Å². The van der Waals surface area contributed by atoms with Crippen LogP contribution in [0.4, 0.5) is 0 Å². The molecule has 0 saturated heterocycles. The van der Waals surface area contributed by atoms with Crippen molar-refractivity contribution in [2.75, 3.05) is 0 Å². The van der Waals surface area contributed by atoms with E-state index >= 15 is 0 Å². The molecule has 0 bridgehead atoms. The molecule has 0 spiro atoms. The first kappa shape index (κ1) is 48.6. The van der Waals surface area contributed by atoms with Gasteiger partial charge in [0.05, 0.1) is 0 Å². The number of hydrogen-bond donors (Lipinski definition) is 0. The highest BCUT2D eigenvalue weighted by molar-refractivity contribution is 7.27. The third-order valence-corrected chi connectivity index (χ3v) is 18.8. The monoisotopic (exact) mass is 968 g/mol. The van der Waals surface area contributed by atoms with Gasteiger partial charge in [0.2, 0.25) is 0 Å². The van der Waals surface area contributed by atoms with E-state index in [-0.39, 0.29) is 5.57 Å². The first-order chi connectivity index (χ1) is 32.0. The van der Waals surface area contributed by atoms with E-state index in [4.69, 9.17) is 4.74 Å². The number of allylic oxidation sites excluding steroid dienone is 6. The standard InChI is InChI=1S/C56H60N2OS6/c1-3-5-7-9-11-13-15-17-19-45-25-29-49(60-45)53-33-35-55(64-53)51-31-27-47(62-51)23-21-43-37-41(42(39-57)40-58)38-44(59-43)22-24-48-28-32-52(63-48)56-36-34-54(65-56)50-30-26-46(61-50)20-18-16-14-12-10-8-6-4-2/h21-38H,3-20H2,1-2H3/b23-21+,24-22+. The summed E-state index contributed by atoms with van der Waals surface area (Å²) in [4.78, 5) is 15.5. The highest BCUT2D eigenvalue weighted by atomic mass is 32.1. The van der Waals surface area contributed by atoms with Gasteiger partial charge in [-0.3, -0.25) is 0 Å². The first-order valence-electron chi connectivity index (χ1n) is 23.6. The van der Waals surface area contributed by atoms with Crippen LogP contribution in [0.25, 0.3) is 51.2 Å². The molecule has 9 heteroatoms. The molecule has 0 amide bonds. The Bertz CT molecular complexity index is 2490. The van der Waals surface area contributed by atoms with Gasteiger partial charge >= 0.3 is 0 Å². The lowest BCUT2D eigenvalue weighted by Gasteiger charge is -2.13. The number of thiophene rings is 6. The number of nitriles is 2. The van der Waals surface area contributed by atoms with Crippen LogP contribution in [-0.2, 0) is 17.6 Å². The average molecular weight is 970 g/mol. The zero-order valence-electron chi connectivity index (χ0n) is 37.9. The zero-order valence-corrected chi connectivity index (χ0v) is 42.8. The lowest BCUT2D eigenvalue weighted by atomic mass is 10.1. The van der Waals surface area contributed by atoms with E-state index in [2.05, 4.69) is 98.8 Å². The summed E-state index contributed by atoms with van der Waals surface area (Å²) in [5.74, 6) is 1.15. The van der Waals surface area contributed by atoms with Crippen LogP contribution in [0.5, 0.6) is 0 Å². The van der Waals surface area contributed by atoms with Crippen molar-refractivity contribution in [2.24, 2.45) is 0 Å². The van der Waals surface area contributed by atoms with E-state index in [9.17, 15) is 10.5 Å². The van der Waals surface area contributed by atoms with Gasteiger partial charge in [0.25, 0.3) is 0 Å².